The van der Waals surface area contributed by atoms with Gasteiger partial charge in [0.2, 0.25) is 5.91 Å². The van der Waals surface area contributed by atoms with Crippen LogP contribution < -0.4 is 11.5 Å². The second-order valence-corrected chi connectivity index (χ2v) is 2.63. The molecule has 72 valence electrons. The Balaban J connectivity index is 3.76. The van der Waals surface area contributed by atoms with Gasteiger partial charge in [0.15, 0.2) is 0 Å². The minimum Gasteiger partial charge on any atom is -0.395 e. The van der Waals surface area contributed by atoms with Crippen LogP contribution >= 0.6 is 0 Å². The maximum absolute atomic E-state index is 10.6. The highest BCUT2D eigenvalue weighted by atomic mass is 16.3. The number of carbonyl (C=O) groups is 1. The van der Waals surface area contributed by atoms with Gasteiger partial charge < -0.3 is 16.6 Å². The van der Waals surface area contributed by atoms with Crippen LogP contribution in [-0.4, -0.2) is 48.2 Å². The molecule has 0 aromatic heterocycles. The fourth-order valence-corrected chi connectivity index (χ4v) is 0.888. The normalized spacial score (nSPS) is 13.3. The van der Waals surface area contributed by atoms with Gasteiger partial charge >= 0.3 is 0 Å². The van der Waals surface area contributed by atoms with E-state index >= 15 is 0 Å². The summed E-state index contributed by atoms with van der Waals surface area (Å²) in [6.07, 6.45) is 0. The molecule has 0 fully saturated rings. The van der Waals surface area contributed by atoms with E-state index in [1.54, 1.807) is 0 Å². The molecule has 1 atom stereocenters. The first-order chi connectivity index (χ1) is 5.61. The Morgan fingerprint density at radius 1 is 1.67 bits per heavy atom. The van der Waals surface area contributed by atoms with Crippen LogP contribution in [0.25, 0.3) is 0 Å². The number of hydrogen-bond acceptors (Lipinski definition) is 4. The van der Waals surface area contributed by atoms with E-state index in [1.807, 2.05) is 11.8 Å². The van der Waals surface area contributed by atoms with Crippen LogP contribution in [0.2, 0.25) is 0 Å². The Hall–Kier alpha value is -0.650. The van der Waals surface area contributed by atoms with Crippen molar-refractivity contribution in [3.63, 3.8) is 0 Å². The summed E-state index contributed by atoms with van der Waals surface area (Å²) in [5.74, 6) is -0.508. The summed E-state index contributed by atoms with van der Waals surface area (Å²) in [6, 6.07) is -0.642. The lowest BCUT2D eigenvalue weighted by molar-refractivity contribution is -0.119. The van der Waals surface area contributed by atoms with Crippen molar-refractivity contribution in [2.45, 2.75) is 13.0 Å². The van der Waals surface area contributed by atoms with Crippen molar-refractivity contribution < 1.29 is 9.90 Å². The van der Waals surface area contributed by atoms with Gasteiger partial charge in [-0.2, -0.15) is 0 Å². The zero-order chi connectivity index (χ0) is 9.56. The highest BCUT2D eigenvalue weighted by Crippen LogP contribution is 1.89. The van der Waals surface area contributed by atoms with E-state index < -0.39 is 11.9 Å². The predicted molar refractivity (Wildman–Crippen MR) is 46.4 cm³/mol. The summed E-state index contributed by atoms with van der Waals surface area (Å²) < 4.78 is 0. The third-order valence-electron chi connectivity index (χ3n) is 1.68. The summed E-state index contributed by atoms with van der Waals surface area (Å²) in [5.41, 5.74) is 10.4. The van der Waals surface area contributed by atoms with Crippen LogP contribution in [0.4, 0.5) is 0 Å². The van der Waals surface area contributed by atoms with Crippen LogP contribution in [0, 0.1) is 0 Å². The molecule has 0 rings (SSSR count). The Kier molecular flexibility index (Phi) is 5.61. The van der Waals surface area contributed by atoms with Crippen LogP contribution in [0.1, 0.15) is 6.92 Å². The van der Waals surface area contributed by atoms with Crippen molar-refractivity contribution in [1.29, 1.82) is 0 Å². The molecule has 0 heterocycles. The minimum atomic E-state index is -0.642. The molecule has 0 aromatic rings. The first kappa shape index (κ1) is 11.4. The Morgan fingerprint density at radius 2 is 2.25 bits per heavy atom. The fraction of sp³-hybridized carbons (Fsp3) is 0.857. The summed E-state index contributed by atoms with van der Waals surface area (Å²) >= 11 is 0. The van der Waals surface area contributed by atoms with Gasteiger partial charge in [0.25, 0.3) is 0 Å². The van der Waals surface area contributed by atoms with Gasteiger partial charge in [-0.1, -0.05) is 6.92 Å². The molecule has 0 spiro atoms. The Labute approximate surface area is 72.3 Å². The monoisotopic (exact) mass is 175 g/mol. The number of aliphatic hydroxyl groups excluding tert-OH is 1. The van der Waals surface area contributed by atoms with Gasteiger partial charge in [-0.25, -0.2) is 0 Å². The maximum Gasteiger partial charge on any atom is 0.235 e. The van der Waals surface area contributed by atoms with E-state index in [0.29, 0.717) is 13.1 Å². The minimum absolute atomic E-state index is 0.0688. The average Bonchev–Trinajstić information content (AvgIpc) is 2.03. The van der Waals surface area contributed by atoms with Crippen molar-refractivity contribution in [2.75, 3.05) is 26.2 Å². The molecule has 0 saturated carbocycles. The average molecular weight is 175 g/mol. The third-order valence-corrected chi connectivity index (χ3v) is 1.68. The van der Waals surface area contributed by atoms with E-state index in [2.05, 4.69) is 0 Å². The molecule has 5 nitrogen and oxygen atoms in total. The SMILES string of the molecule is CCN(CCO)CC(N)C(N)=O. The quantitative estimate of drug-likeness (QED) is 0.440. The molecule has 0 saturated heterocycles. The fourth-order valence-electron chi connectivity index (χ4n) is 0.888. The van der Waals surface area contributed by atoms with Crippen LogP contribution in [-0.2, 0) is 4.79 Å². The number of rotatable bonds is 6. The molecule has 12 heavy (non-hydrogen) atoms. The number of aliphatic hydroxyl groups is 1. The number of nitrogens with zero attached hydrogens (tertiary/aromatic N) is 1. The molecule has 0 bridgehead atoms. The molecule has 0 radical (unpaired) electrons. The molecule has 0 aliphatic rings. The van der Waals surface area contributed by atoms with E-state index in [0.717, 1.165) is 6.54 Å². The van der Waals surface area contributed by atoms with Crippen LogP contribution in [0.3, 0.4) is 0 Å². The van der Waals surface area contributed by atoms with Gasteiger partial charge in [-0.05, 0) is 6.54 Å². The molecule has 0 aliphatic carbocycles. The topological polar surface area (TPSA) is 92.6 Å². The molecule has 0 aromatic carbocycles. The second-order valence-electron chi connectivity index (χ2n) is 2.63. The number of likely N-dealkylation sites (N-methyl/N-ethyl adjacent to an activating group) is 1. The summed E-state index contributed by atoms with van der Waals surface area (Å²) in [7, 11) is 0. The number of carbonyl (C=O) groups excluding carboxylic acids is 1. The highest BCUT2D eigenvalue weighted by Gasteiger charge is 2.12. The van der Waals surface area contributed by atoms with Gasteiger partial charge in [0.1, 0.15) is 0 Å². The standard InChI is InChI=1S/C7H17N3O2/c1-2-10(3-4-11)5-6(8)7(9)12/h6,11H,2-5,8H2,1H3,(H2,9,12). The second kappa shape index (κ2) is 5.93. The zero-order valence-electron chi connectivity index (χ0n) is 7.36. The van der Waals surface area contributed by atoms with Gasteiger partial charge in [-0.3, -0.25) is 9.69 Å². The predicted octanol–water partition coefficient (Wildman–Crippen LogP) is -1.89. The van der Waals surface area contributed by atoms with Crippen LogP contribution in [0.5, 0.6) is 0 Å². The first-order valence-electron chi connectivity index (χ1n) is 4.00. The zero-order valence-corrected chi connectivity index (χ0v) is 7.36. The highest BCUT2D eigenvalue weighted by molar-refractivity contribution is 5.79. The smallest absolute Gasteiger partial charge is 0.235 e. The van der Waals surface area contributed by atoms with Crippen molar-refractivity contribution in [1.82, 2.24) is 4.90 Å². The van der Waals surface area contributed by atoms with Crippen molar-refractivity contribution in [3.05, 3.63) is 0 Å². The molecule has 1 unspecified atom stereocenters. The number of primary amides is 1. The lowest BCUT2D eigenvalue weighted by Crippen LogP contribution is -2.46. The molecule has 5 N–H and O–H groups in total. The van der Waals surface area contributed by atoms with Crippen LogP contribution in [0.15, 0.2) is 0 Å². The largest absolute Gasteiger partial charge is 0.395 e. The lowest BCUT2D eigenvalue weighted by Gasteiger charge is -2.21. The first-order valence-corrected chi connectivity index (χ1v) is 4.00. The Morgan fingerprint density at radius 3 is 2.58 bits per heavy atom. The molecule has 5 heteroatoms. The molecule has 1 amide bonds. The third kappa shape index (κ3) is 4.27. The van der Waals surface area contributed by atoms with Gasteiger partial charge in [0.05, 0.1) is 12.6 Å². The lowest BCUT2D eigenvalue weighted by atomic mass is 10.2. The number of nitrogens with two attached hydrogens (primary N) is 2. The molecular weight excluding hydrogens is 158 g/mol. The van der Waals surface area contributed by atoms with E-state index in [1.165, 1.54) is 0 Å². The van der Waals surface area contributed by atoms with Crippen molar-refractivity contribution >= 4 is 5.91 Å². The summed E-state index contributed by atoms with van der Waals surface area (Å²) in [4.78, 5) is 12.4. The summed E-state index contributed by atoms with van der Waals surface area (Å²) in [5, 5.41) is 8.62. The number of hydrogen-bond donors (Lipinski definition) is 3. The van der Waals surface area contributed by atoms with Gasteiger partial charge in [0, 0.05) is 13.1 Å². The maximum atomic E-state index is 10.6. The van der Waals surface area contributed by atoms with Crippen molar-refractivity contribution in [2.24, 2.45) is 11.5 Å². The number of amides is 1. The van der Waals surface area contributed by atoms with E-state index in [-0.39, 0.29) is 6.61 Å². The van der Waals surface area contributed by atoms with E-state index in [4.69, 9.17) is 16.6 Å². The molecular formula is C7H17N3O2. The van der Waals surface area contributed by atoms with E-state index in [9.17, 15) is 4.79 Å². The van der Waals surface area contributed by atoms with Crippen molar-refractivity contribution in [3.8, 4) is 0 Å². The summed E-state index contributed by atoms with van der Waals surface area (Å²) in [6.45, 7) is 3.69. The Bertz CT molecular complexity index is 141. The molecule has 0 aliphatic heterocycles. The van der Waals surface area contributed by atoms with Gasteiger partial charge in [-0.15, -0.1) is 0 Å².